The van der Waals surface area contributed by atoms with Gasteiger partial charge in [-0.2, -0.15) is 0 Å². The summed E-state index contributed by atoms with van der Waals surface area (Å²) >= 11 is 0. The van der Waals surface area contributed by atoms with E-state index in [1.165, 1.54) is 5.56 Å². The monoisotopic (exact) mass is 301 g/mol. The molecule has 1 rings (SSSR count). The van der Waals surface area contributed by atoms with Gasteiger partial charge in [0.1, 0.15) is 0 Å². The molecule has 6 heteroatoms. The molecule has 0 amide bonds. The Balaban J connectivity index is 0.000000511. The minimum absolute atomic E-state index is 0.106. The highest BCUT2D eigenvalue weighted by Crippen LogP contribution is 2.24. The maximum absolute atomic E-state index is 9.22. The zero-order valence-electron chi connectivity index (χ0n) is 12.2. The molecule has 0 saturated heterocycles. The largest absolute Gasteiger partial charge is 0.726 e. The maximum Gasteiger partial charge on any atom is 0.217 e. The van der Waals surface area contributed by atoms with Gasteiger partial charge >= 0.3 is 0 Å². The molecule has 0 aromatic heterocycles. The van der Waals surface area contributed by atoms with Crippen LogP contribution in [0.5, 0.6) is 0 Å². The zero-order valence-corrected chi connectivity index (χ0v) is 13.0. The molecule has 0 aliphatic carbocycles. The van der Waals surface area contributed by atoms with Gasteiger partial charge in [-0.25, -0.2) is 8.42 Å². The first-order valence-electron chi connectivity index (χ1n) is 6.13. The molecule has 114 valence electrons. The van der Waals surface area contributed by atoms with Crippen LogP contribution < -0.4 is 5.73 Å². The lowest BCUT2D eigenvalue weighted by molar-refractivity contribution is -0.467. The van der Waals surface area contributed by atoms with Crippen molar-refractivity contribution in [2.24, 2.45) is 0 Å². The molecule has 1 aromatic carbocycles. The lowest BCUT2D eigenvalue weighted by Crippen LogP contribution is -2.69. The Hall–Kier alpha value is -1.21. The Morgan fingerprint density at radius 1 is 1.40 bits per heavy atom. The van der Waals surface area contributed by atoms with Crippen molar-refractivity contribution in [3.05, 3.63) is 48.6 Å². The maximum atomic E-state index is 9.22. The number of hydrogen-bond donors (Lipinski definition) is 1. The number of allylic oxidation sites excluding steroid dienone is 1. The molecule has 5 nitrogen and oxygen atoms in total. The molecule has 20 heavy (non-hydrogen) atoms. The third-order valence-electron chi connectivity index (χ3n) is 2.49. The predicted octanol–water partition coefficient (Wildman–Crippen LogP) is 1.46. The van der Waals surface area contributed by atoms with Gasteiger partial charge in [0.15, 0.2) is 0 Å². The van der Waals surface area contributed by atoms with Gasteiger partial charge in [0.25, 0.3) is 0 Å². The summed E-state index contributed by atoms with van der Waals surface area (Å²) in [5, 5.41) is 0. The van der Waals surface area contributed by atoms with Crippen LogP contribution in [0.3, 0.4) is 0 Å². The molecular formula is C14H23NO4S. The average molecular weight is 301 g/mol. The summed E-state index contributed by atoms with van der Waals surface area (Å²) in [5.41, 5.74) is 5.57. The summed E-state index contributed by atoms with van der Waals surface area (Å²) in [6.45, 7) is 8.21. The van der Waals surface area contributed by atoms with E-state index in [2.05, 4.69) is 54.6 Å². The molecular weight excluding hydrogens is 278 g/mol. The van der Waals surface area contributed by atoms with E-state index in [0.29, 0.717) is 5.92 Å². The topological polar surface area (TPSA) is 94.1 Å². The van der Waals surface area contributed by atoms with Gasteiger partial charge in [0.2, 0.25) is 10.4 Å². The van der Waals surface area contributed by atoms with Crippen molar-refractivity contribution >= 4 is 10.4 Å². The minimum atomic E-state index is -4.41. The second kappa shape index (κ2) is 8.16. The average Bonchev–Trinajstić information content (AvgIpc) is 2.36. The van der Waals surface area contributed by atoms with Gasteiger partial charge in [0, 0.05) is 12.3 Å². The van der Waals surface area contributed by atoms with Crippen LogP contribution >= 0.6 is 0 Å². The highest BCUT2D eigenvalue weighted by atomic mass is 32.3. The van der Waals surface area contributed by atoms with E-state index in [9.17, 15) is 13.0 Å². The fraction of sp³-hybridized carbons (Fsp3) is 0.429. The molecule has 1 unspecified atom stereocenters. The molecule has 0 spiro atoms. The van der Waals surface area contributed by atoms with Crippen molar-refractivity contribution in [3.63, 3.8) is 0 Å². The van der Waals surface area contributed by atoms with E-state index in [1.807, 2.05) is 12.1 Å². The van der Waals surface area contributed by atoms with Crippen molar-refractivity contribution in [1.29, 1.82) is 0 Å². The molecule has 0 saturated carbocycles. The van der Waals surface area contributed by atoms with Gasteiger partial charge in [-0.1, -0.05) is 36.4 Å². The molecule has 1 atom stereocenters. The van der Waals surface area contributed by atoms with Crippen molar-refractivity contribution in [2.45, 2.75) is 31.7 Å². The quantitative estimate of drug-likeness (QED) is 0.506. The van der Waals surface area contributed by atoms with Crippen LogP contribution in [0, 0.1) is 0 Å². The Morgan fingerprint density at radius 3 is 2.15 bits per heavy atom. The third kappa shape index (κ3) is 9.69. The fourth-order valence-corrected chi connectivity index (χ4v) is 1.63. The molecule has 3 N–H and O–H groups in total. The van der Waals surface area contributed by atoms with Crippen molar-refractivity contribution in [1.82, 2.24) is 0 Å². The van der Waals surface area contributed by atoms with Crippen molar-refractivity contribution in [3.8, 4) is 0 Å². The summed E-state index contributed by atoms with van der Waals surface area (Å²) in [6, 6.07) is 10.5. The van der Waals surface area contributed by atoms with E-state index in [-0.39, 0.29) is 5.54 Å². The summed E-state index contributed by atoms with van der Waals surface area (Å²) in [7, 11) is -3.60. The van der Waals surface area contributed by atoms with Crippen molar-refractivity contribution in [2.75, 3.05) is 7.11 Å². The lowest BCUT2D eigenvalue weighted by atomic mass is 9.87. The van der Waals surface area contributed by atoms with E-state index in [1.54, 1.807) is 0 Å². The zero-order chi connectivity index (χ0) is 15.8. The van der Waals surface area contributed by atoms with Gasteiger partial charge in [-0.15, -0.1) is 6.58 Å². The van der Waals surface area contributed by atoms with Gasteiger partial charge in [-0.05, 0) is 19.4 Å². The Morgan fingerprint density at radius 2 is 1.85 bits per heavy atom. The number of benzene rings is 1. The molecule has 0 heterocycles. The summed E-state index contributed by atoms with van der Waals surface area (Å²) < 4.78 is 31.0. The van der Waals surface area contributed by atoms with E-state index >= 15 is 0 Å². The first-order chi connectivity index (χ1) is 9.09. The standard InChI is InChI=1S/C13H19N.CH4O4S/c1-4-11(10-13(2,3)14)12-8-6-5-7-9-12;1-5-6(2,3)4/h4-9,11H,1,10,14H2,2-3H3;1H3,(H,2,3,4). The summed E-state index contributed by atoms with van der Waals surface area (Å²) in [4.78, 5) is 0. The van der Waals surface area contributed by atoms with Crippen LogP contribution in [0.2, 0.25) is 0 Å². The predicted molar refractivity (Wildman–Crippen MR) is 77.7 cm³/mol. The van der Waals surface area contributed by atoms with Crippen LogP contribution in [-0.2, 0) is 14.6 Å². The van der Waals surface area contributed by atoms with Crippen molar-refractivity contribution < 1.29 is 22.9 Å². The highest BCUT2D eigenvalue weighted by Gasteiger charge is 2.20. The minimum Gasteiger partial charge on any atom is -0.726 e. The van der Waals surface area contributed by atoms with Crippen LogP contribution in [-0.4, -0.2) is 25.6 Å². The Kier molecular flexibility index (Phi) is 7.67. The van der Waals surface area contributed by atoms with Gasteiger partial charge in [0.05, 0.1) is 12.6 Å². The molecule has 0 aliphatic heterocycles. The van der Waals surface area contributed by atoms with Crippen LogP contribution in [0.4, 0.5) is 0 Å². The SMILES string of the molecule is C=CC(CC(C)(C)[NH3+])c1ccccc1.COS(=O)(=O)[O-]. The second-order valence-corrected chi connectivity index (χ2v) is 6.35. The number of rotatable bonds is 5. The second-order valence-electron chi connectivity index (χ2n) is 5.20. The number of quaternary nitrogens is 1. The van der Waals surface area contributed by atoms with Crippen LogP contribution in [0.15, 0.2) is 43.0 Å². The number of hydrogen-bond acceptors (Lipinski definition) is 4. The third-order valence-corrected chi connectivity index (χ3v) is 2.90. The fourth-order valence-electron chi connectivity index (χ4n) is 1.63. The molecule has 1 aromatic rings. The Bertz CT molecular complexity index is 492. The molecule has 0 fully saturated rings. The van der Waals surface area contributed by atoms with E-state index in [4.69, 9.17) is 0 Å². The first-order valence-corrected chi connectivity index (χ1v) is 7.46. The first kappa shape index (κ1) is 18.8. The highest BCUT2D eigenvalue weighted by molar-refractivity contribution is 7.80. The molecule has 0 bridgehead atoms. The molecule has 0 radical (unpaired) electrons. The normalized spacial score (nSPS) is 13.1. The summed E-state index contributed by atoms with van der Waals surface area (Å²) in [5.74, 6) is 0.420. The Labute approximate surface area is 121 Å². The lowest BCUT2D eigenvalue weighted by Gasteiger charge is -2.21. The summed E-state index contributed by atoms with van der Waals surface area (Å²) in [6.07, 6.45) is 3.06. The van der Waals surface area contributed by atoms with Gasteiger partial charge in [-0.3, -0.25) is 4.18 Å². The smallest absolute Gasteiger partial charge is 0.217 e. The van der Waals surface area contributed by atoms with E-state index in [0.717, 1.165) is 13.5 Å². The molecule has 0 aliphatic rings. The van der Waals surface area contributed by atoms with E-state index < -0.39 is 10.4 Å². The van der Waals surface area contributed by atoms with Gasteiger partial charge < -0.3 is 10.3 Å². The van der Waals surface area contributed by atoms with Crippen LogP contribution in [0.1, 0.15) is 31.7 Å². The van der Waals surface area contributed by atoms with Crippen LogP contribution in [0.25, 0.3) is 0 Å².